The van der Waals surface area contributed by atoms with Crippen molar-refractivity contribution >= 4 is 8.24 Å². The highest BCUT2D eigenvalue weighted by atomic mass is 28.3. The van der Waals surface area contributed by atoms with Crippen molar-refractivity contribution in [2.45, 2.75) is 77.1 Å². The summed E-state index contributed by atoms with van der Waals surface area (Å²) in [6.45, 7) is 15.7. The van der Waals surface area contributed by atoms with Crippen molar-refractivity contribution in [1.29, 1.82) is 0 Å². The third kappa shape index (κ3) is 5.05. The van der Waals surface area contributed by atoms with E-state index >= 15 is 0 Å². The number of hydrogen-bond donors (Lipinski definition) is 1. The first-order valence-corrected chi connectivity index (χ1v) is 11.4. The van der Waals surface area contributed by atoms with Crippen LogP contribution in [-0.2, 0) is 0 Å². The predicted octanol–water partition coefficient (Wildman–Crippen LogP) is 4.17. The fourth-order valence-corrected chi connectivity index (χ4v) is 4.36. The van der Waals surface area contributed by atoms with E-state index in [-0.39, 0.29) is 0 Å². The van der Waals surface area contributed by atoms with E-state index in [0.29, 0.717) is 0 Å². The second-order valence-corrected chi connectivity index (χ2v) is 12.1. The van der Waals surface area contributed by atoms with Crippen molar-refractivity contribution in [1.82, 2.24) is 4.57 Å². The number of rotatable bonds is 7. The largest absolute Gasteiger partial charge is 0.385 e. The molecule has 1 N–H and O–H groups in total. The van der Waals surface area contributed by atoms with E-state index < -0.39 is 13.8 Å². The lowest BCUT2D eigenvalue weighted by atomic mass is 9.80. The summed E-state index contributed by atoms with van der Waals surface area (Å²) in [6.07, 6.45) is 7.88. The third-order valence-corrected chi connectivity index (χ3v) is 6.73. The molecule has 0 aliphatic heterocycles. The molecule has 0 aromatic carbocycles. The third-order valence-electron chi connectivity index (χ3n) is 4.45. The average molecular weight is 284 g/mol. The molecule has 1 saturated carbocycles. The van der Waals surface area contributed by atoms with Gasteiger partial charge in [0.2, 0.25) is 0 Å². The van der Waals surface area contributed by atoms with Crippen molar-refractivity contribution in [3.8, 4) is 0 Å². The second-order valence-electron chi connectivity index (χ2n) is 7.14. The SMILES string of the molecule is C=C(CN(CCCC)[Si](C)(C)C)C1(O)CCCCC1. The molecule has 1 aliphatic carbocycles. The summed E-state index contributed by atoms with van der Waals surface area (Å²) in [7, 11) is -1.32. The standard InChI is InChI=1S/C16H33NOSi/c1-6-7-13-17(19(3,4)5)14-15(2)16(18)11-9-8-10-12-16/h18H,2,6-14H2,1,3-5H3. The predicted molar refractivity (Wildman–Crippen MR) is 87.0 cm³/mol. The Morgan fingerprint density at radius 3 is 2.26 bits per heavy atom. The summed E-state index contributed by atoms with van der Waals surface area (Å²) in [5, 5.41) is 10.8. The highest BCUT2D eigenvalue weighted by Gasteiger charge is 2.34. The van der Waals surface area contributed by atoms with Crippen LogP contribution < -0.4 is 0 Å². The van der Waals surface area contributed by atoms with Gasteiger partial charge in [0.05, 0.1) is 5.60 Å². The summed E-state index contributed by atoms with van der Waals surface area (Å²) in [4.78, 5) is 0. The van der Waals surface area contributed by atoms with E-state index in [1.165, 1.54) is 19.3 Å². The summed E-state index contributed by atoms with van der Waals surface area (Å²) >= 11 is 0. The van der Waals surface area contributed by atoms with Crippen LogP contribution in [0.3, 0.4) is 0 Å². The van der Waals surface area contributed by atoms with E-state index in [0.717, 1.165) is 44.3 Å². The molecule has 0 bridgehead atoms. The molecule has 0 heterocycles. The quantitative estimate of drug-likeness (QED) is 0.560. The Hall–Kier alpha value is -0.123. The Labute approximate surface area is 121 Å². The van der Waals surface area contributed by atoms with Crippen LogP contribution in [0.1, 0.15) is 51.9 Å². The van der Waals surface area contributed by atoms with E-state index in [4.69, 9.17) is 0 Å². The van der Waals surface area contributed by atoms with Gasteiger partial charge in [-0.2, -0.15) is 0 Å². The van der Waals surface area contributed by atoms with Crippen LogP contribution in [0.5, 0.6) is 0 Å². The first-order chi connectivity index (χ1) is 8.79. The summed E-state index contributed by atoms with van der Waals surface area (Å²) in [5.74, 6) is 0. The van der Waals surface area contributed by atoms with Gasteiger partial charge < -0.3 is 9.67 Å². The Bertz CT molecular complexity index is 290. The molecule has 0 saturated heterocycles. The smallest absolute Gasteiger partial charge is 0.119 e. The number of aliphatic hydroxyl groups is 1. The highest BCUT2D eigenvalue weighted by molar-refractivity contribution is 6.73. The zero-order chi connectivity index (χ0) is 14.5. The summed E-state index contributed by atoms with van der Waals surface area (Å²) < 4.78 is 2.60. The van der Waals surface area contributed by atoms with Gasteiger partial charge >= 0.3 is 0 Å². The van der Waals surface area contributed by atoms with Crippen LogP contribution in [0.15, 0.2) is 12.2 Å². The second kappa shape index (κ2) is 7.05. The van der Waals surface area contributed by atoms with E-state index in [1.54, 1.807) is 0 Å². The van der Waals surface area contributed by atoms with Crippen molar-refractivity contribution in [2.24, 2.45) is 0 Å². The van der Waals surface area contributed by atoms with Gasteiger partial charge in [-0.05, 0) is 31.4 Å². The van der Waals surface area contributed by atoms with Crippen molar-refractivity contribution < 1.29 is 5.11 Å². The lowest BCUT2D eigenvalue weighted by Gasteiger charge is -2.40. The van der Waals surface area contributed by atoms with Crippen LogP contribution in [0.2, 0.25) is 19.6 Å². The molecule has 1 fully saturated rings. The van der Waals surface area contributed by atoms with Crippen molar-refractivity contribution in [3.05, 3.63) is 12.2 Å². The molecular formula is C16H33NOSi. The van der Waals surface area contributed by atoms with Gasteiger partial charge in [-0.25, -0.2) is 0 Å². The Kier molecular flexibility index (Phi) is 6.28. The van der Waals surface area contributed by atoms with E-state index in [9.17, 15) is 5.11 Å². The number of hydrogen-bond acceptors (Lipinski definition) is 2. The zero-order valence-electron chi connectivity index (χ0n) is 13.5. The topological polar surface area (TPSA) is 23.5 Å². The molecule has 1 rings (SSSR count). The van der Waals surface area contributed by atoms with Gasteiger partial charge in [0.1, 0.15) is 8.24 Å². The van der Waals surface area contributed by atoms with Gasteiger partial charge in [-0.1, -0.05) is 58.8 Å². The Morgan fingerprint density at radius 2 is 1.79 bits per heavy atom. The summed E-state index contributed by atoms with van der Waals surface area (Å²) in [6, 6.07) is 0. The molecule has 0 spiro atoms. The van der Waals surface area contributed by atoms with Gasteiger partial charge in [-0.3, -0.25) is 0 Å². The normalized spacial score (nSPS) is 19.7. The molecule has 2 nitrogen and oxygen atoms in total. The van der Waals surface area contributed by atoms with Crippen LogP contribution in [0.4, 0.5) is 0 Å². The first-order valence-electron chi connectivity index (χ1n) is 7.95. The zero-order valence-corrected chi connectivity index (χ0v) is 14.5. The minimum Gasteiger partial charge on any atom is -0.385 e. The lowest BCUT2D eigenvalue weighted by molar-refractivity contribution is 0.0355. The molecule has 0 aromatic heterocycles. The van der Waals surface area contributed by atoms with Gasteiger partial charge in [0, 0.05) is 6.54 Å². The highest BCUT2D eigenvalue weighted by Crippen LogP contribution is 2.34. The van der Waals surface area contributed by atoms with Crippen molar-refractivity contribution in [3.63, 3.8) is 0 Å². The fourth-order valence-electron chi connectivity index (χ4n) is 2.87. The van der Waals surface area contributed by atoms with Gasteiger partial charge in [-0.15, -0.1) is 0 Å². The van der Waals surface area contributed by atoms with Crippen LogP contribution in [0.25, 0.3) is 0 Å². The molecule has 0 radical (unpaired) electrons. The van der Waals surface area contributed by atoms with Crippen LogP contribution >= 0.6 is 0 Å². The summed E-state index contributed by atoms with van der Waals surface area (Å²) in [5.41, 5.74) is 0.480. The monoisotopic (exact) mass is 283 g/mol. The minimum absolute atomic E-state index is 0.581. The Balaban J connectivity index is 2.64. The maximum atomic E-state index is 10.8. The Morgan fingerprint density at radius 1 is 1.21 bits per heavy atom. The molecule has 3 heteroatoms. The number of unbranched alkanes of at least 4 members (excludes halogenated alkanes) is 1. The van der Waals surface area contributed by atoms with Crippen LogP contribution in [0, 0.1) is 0 Å². The first kappa shape index (κ1) is 16.9. The lowest BCUT2D eigenvalue weighted by Crippen LogP contribution is -2.50. The molecule has 19 heavy (non-hydrogen) atoms. The van der Waals surface area contributed by atoms with Crippen LogP contribution in [-0.4, -0.2) is 36.6 Å². The molecule has 1 aliphatic rings. The molecule has 0 atom stereocenters. The number of nitrogens with zero attached hydrogens (tertiary/aromatic N) is 1. The van der Waals surface area contributed by atoms with Gasteiger partial charge in [0.25, 0.3) is 0 Å². The molecule has 112 valence electrons. The van der Waals surface area contributed by atoms with Crippen molar-refractivity contribution in [2.75, 3.05) is 13.1 Å². The molecule has 0 aromatic rings. The maximum absolute atomic E-state index is 10.8. The van der Waals surface area contributed by atoms with Gasteiger partial charge in [0.15, 0.2) is 0 Å². The maximum Gasteiger partial charge on any atom is 0.119 e. The fraction of sp³-hybridized carbons (Fsp3) is 0.875. The van der Waals surface area contributed by atoms with E-state index in [2.05, 4.69) is 37.7 Å². The average Bonchev–Trinajstić information content (AvgIpc) is 2.33. The molecule has 0 amide bonds. The minimum atomic E-state index is -1.32. The molecule has 0 unspecified atom stereocenters. The van der Waals surface area contributed by atoms with E-state index in [1.807, 2.05) is 0 Å². The molecular weight excluding hydrogens is 250 g/mol.